The SMILES string of the molecule is [C-]#[N+]C1(C(=N)OCC)CCCC1. The topological polar surface area (TPSA) is 37.4 Å². The fourth-order valence-electron chi connectivity index (χ4n) is 1.63. The van der Waals surface area contributed by atoms with Gasteiger partial charge in [0.1, 0.15) is 0 Å². The van der Waals surface area contributed by atoms with E-state index in [1.54, 1.807) is 0 Å². The van der Waals surface area contributed by atoms with Crippen molar-refractivity contribution in [3.05, 3.63) is 11.4 Å². The van der Waals surface area contributed by atoms with Gasteiger partial charge in [0.2, 0.25) is 0 Å². The third-order valence-corrected chi connectivity index (χ3v) is 2.36. The second-order valence-electron chi connectivity index (χ2n) is 3.11. The number of hydrogen-bond donors (Lipinski definition) is 1. The molecule has 0 saturated heterocycles. The van der Waals surface area contributed by atoms with Crippen molar-refractivity contribution >= 4 is 5.90 Å². The highest BCUT2D eigenvalue weighted by molar-refractivity contribution is 5.85. The molecule has 1 N–H and O–H groups in total. The molecule has 0 bridgehead atoms. The van der Waals surface area contributed by atoms with Crippen molar-refractivity contribution in [3.63, 3.8) is 0 Å². The Kier molecular flexibility index (Phi) is 2.69. The Bertz CT molecular complexity index is 211. The average Bonchev–Trinajstić information content (AvgIpc) is 2.54. The summed E-state index contributed by atoms with van der Waals surface area (Å²) < 4.78 is 5.09. The van der Waals surface area contributed by atoms with E-state index >= 15 is 0 Å². The van der Waals surface area contributed by atoms with Crippen LogP contribution in [0, 0.1) is 12.0 Å². The summed E-state index contributed by atoms with van der Waals surface area (Å²) >= 11 is 0. The van der Waals surface area contributed by atoms with Gasteiger partial charge in [0.15, 0.2) is 0 Å². The van der Waals surface area contributed by atoms with Crippen molar-refractivity contribution in [2.75, 3.05) is 6.61 Å². The summed E-state index contributed by atoms with van der Waals surface area (Å²) in [6.07, 6.45) is 3.71. The first kappa shape index (κ1) is 9.05. The molecule has 1 aliphatic carbocycles. The van der Waals surface area contributed by atoms with Gasteiger partial charge in [-0.05, 0) is 19.8 Å². The Balaban J connectivity index is 2.67. The highest BCUT2D eigenvalue weighted by Crippen LogP contribution is 2.34. The minimum absolute atomic E-state index is 0.178. The van der Waals surface area contributed by atoms with Crippen molar-refractivity contribution in [1.29, 1.82) is 5.41 Å². The lowest BCUT2D eigenvalue weighted by Crippen LogP contribution is -2.33. The molecule has 3 heteroatoms. The van der Waals surface area contributed by atoms with Gasteiger partial charge in [0.25, 0.3) is 5.90 Å². The van der Waals surface area contributed by atoms with Crippen LogP contribution >= 0.6 is 0 Å². The lowest BCUT2D eigenvalue weighted by Gasteiger charge is -2.15. The van der Waals surface area contributed by atoms with Gasteiger partial charge in [-0.25, -0.2) is 6.57 Å². The molecular formula is C9H14N2O. The van der Waals surface area contributed by atoms with E-state index in [4.69, 9.17) is 16.7 Å². The van der Waals surface area contributed by atoms with E-state index in [9.17, 15) is 0 Å². The van der Waals surface area contributed by atoms with E-state index in [0.717, 1.165) is 25.7 Å². The van der Waals surface area contributed by atoms with Crippen LogP contribution in [0.15, 0.2) is 0 Å². The van der Waals surface area contributed by atoms with Crippen LogP contribution in [0.25, 0.3) is 4.85 Å². The largest absolute Gasteiger partial charge is 0.476 e. The van der Waals surface area contributed by atoms with Crippen molar-refractivity contribution in [3.8, 4) is 0 Å². The Labute approximate surface area is 73.1 Å². The zero-order valence-electron chi connectivity index (χ0n) is 7.39. The first-order valence-corrected chi connectivity index (χ1v) is 4.35. The molecule has 66 valence electrons. The van der Waals surface area contributed by atoms with Gasteiger partial charge < -0.3 is 4.74 Å². The molecule has 1 saturated carbocycles. The first-order valence-electron chi connectivity index (χ1n) is 4.35. The van der Waals surface area contributed by atoms with Gasteiger partial charge in [0.05, 0.1) is 6.61 Å². The van der Waals surface area contributed by atoms with Crippen molar-refractivity contribution in [2.24, 2.45) is 0 Å². The van der Waals surface area contributed by atoms with Crippen LogP contribution in [0.4, 0.5) is 0 Å². The van der Waals surface area contributed by atoms with Crippen LogP contribution in [-0.2, 0) is 4.74 Å². The van der Waals surface area contributed by atoms with Crippen molar-refractivity contribution in [2.45, 2.75) is 38.1 Å². The molecular weight excluding hydrogens is 152 g/mol. The summed E-state index contributed by atoms with van der Waals surface area (Å²) in [5.41, 5.74) is -0.601. The summed E-state index contributed by atoms with van der Waals surface area (Å²) in [5.74, 6) is 0.178. The van der Waals surface area contributed by atoms with Gasteiger partial charge in [-0.3, -0.25) is 10.3 Å². The zero-order chi connectivity index (χ0) is 9.03. The molecule has 3 nitrogen and oxygen atoms in total. The maximum absolute atomic E-state index is 7.60. The predicted molar refractivity (Wildman–Crippen MR) is 47.2 cm³/mol. The normalized spacial score (nSPS) is 20.0. The molecule has 12 heavy (non-hydrogen) atoms. The number of nitrogens with zero attached hydrogens (tertiary/aromatic N) is 1. The molecule has 0 aromatic heterocycles. The first-order chi connectivity index (χ1) is 5.75. The molecule has 0 unspecified atom stereocenters. The van der Waals surface area contributed by atoms with Crippen molar-refractivity contribution in [1.82, 2.24) is 0 Å². The van der Waals surface area contributed by atoms with E-state index in [1.807, 2.05) is 6.92 Å². The highest BCUT2D eigenvalue weighted by Gasteiger charge is 2.46. The molecule has 0 atom stereocenters. The molecule has 0 spiro atoms. The average molecular weight is 166 g/mol. The quantitative estimate of drug-likeness (QED) is 0.381. The van der Waals surface area contributed by atoms with Gasteiger partial charge in [-0.1, -0.05) is 0 Å². The molecule has 0 aromatic carbocycles. The van der Waals surface area contributed by atoms with Crippen LogP contribution in [0.5, 0.6) is 0 Å². The fourth-order valence-corrected chi connectivity index (χ4v) is 1.63. The second-order valence-corrected chi connectivity index (χ2v) is 3.11. The number of hydrogen-bond acceptors (Lipinski definition) is 2. The zero-order valence-corrected chi connectivity index (χ0v) is 7.39. The van der Waals surface area contributed by atoms with Crippen LogP contribution in [0.3, 0.4) is 0 Å². The Morgan fingerprint density at radius 1 is 1.58 bits per heavy atom. The summed E-state index contributed by atoms with van der Waals surface area (Å²) in [4.78, 5) is 3.54. The van der Waals surface area contributed by atoms with Crippen LogP contribution in [0.2, 0.25) is 0 Å². The lowest BCUT2D eigenvalue weighted by molar-refractivity contribution is 0.294. The Morgan fingerprint density at radius 2 is 2.17 bits per heavy atom. The maximum atomic E-state index is 7.60. The highest BCUT2D eigenvalue weighted by atomic mass is 16.5. The van der Waals surface area contributed by atoms with Gasteiger partial charge in [-0.15, -0.1) is 0 Å². The van der Waals surface area contributed by atoms with Gasteiger partial charge in [0, 0.05) is 12.8 Å². The molecule has 1 fully saturated rings. The summed E-state index contributed by atoms with van der Waals surface area (Å²) in [6.45, 7) is 9.41. The van der Waals surface area contributed by atoms with E-state index in [0.29, 0.717) is 6.61 Å². The molecule has 0 aromatic rings. The lowest BCUT2D eigenvalue weighted by atomic mass is 9.99. The van der Waals surface area contributed by atoms with Gasteiger partial charge >= 0.3 is 5.54 Å². The number of nitrogens with one attached hydrogen (secondary N) is 1. The van der Waals surface area contributed by atoms with Crippen LogP contribution in [-0.4, -0.2) is 18.0 Å². The maximum Gasteiger partial charge on any atom is 0.305 e. The molecule has 1 rings (SSSR count). The summed E-state index contributed by atoms with van der Waals surface area (Å²) in [6, 6.07) is 0. The summed E-state index contributed by atoms with van der Waals surface area (Å²) in [7, 11) is 0. The van der Waals surface area contributed by atoms with E-state index in [-0.39, 0.29) is 5.90 Å². The third-order valence-electron chi connectivity index (χ3n) is 2.36. The minimum Gasteiger partial charge on any atom is -0.476 e. The number of ether oxygens (including phenoxy) is 1. The standard InChI is InChI=1S/C9H14N2O/c1-3-12-8(10)9(11-2)6-4-5-7-9/h10H,3-7H2,1H3. The molecule has 0 amide bonds. The van der Waals surface area contributed by atoms with E-state index in [2.05, 4.69) is 4.85 Å². The third kappa shape index (κ3) is 1.42. The smallest absolute Gasteiger partial charge is 0.305 e. The minimum atomic E-state index is -0.601. The summed E-state index contributed by atoms with van der Waals surface area (Å²) in [5, 5.41) is 7.60. The van der Waals surface area contributed by atoms with Crippen LogP contribution in [0.1, 0.15) is 32.6 Å². The Morgan fingerprint density at radius 3 is 2.58 bits per heavy atom. The molecule has 0 heterocycles. The van der Waals surface area contributed by atoms with Crippen LogP contribution < -0.4 is 0 Å². The monoisotopic (exact) mass is 166 g/mol. The van der Waals surface area contributed by atoms with E-state index < -0.39 is 5.54 Å². The van der Waals surface area contributed by atoms with E-state index in [1.165, 1.54) is 0 Å². The second kappa shape index (κ2) is 3.57. The Hall–Kier alpha value is -1.04. The predicted octanol–water partition coefficient (Wildman–Crippen LogP) is 2.23. The number of rotatable bonds is 2. The van der Waals surface area contributed by atoms with Gasteiger partial charge in [-0.2, -0.15) is 0 Å². The molecule has 0 radical (unpaired) electrons. The molecule has 1 aliphatic rings. The van der Waals surface area contributed by atoms with Crippen molar-refractivity contribution < 1.29 is 4.74 Å². The molecule has 0 aliphatic heterocycles. The fraction of sp³-hybridized carbons (Fsp3) is 0.778.